The third-order valence-corrected chi connectivity index (χ3v) is 2.06. The first-order valence-corrected chi connectivity index (χ1v) is 4.05. The summed E-state index contributed by atoms with van der Waals surface area (Å²) in [5, 5.41) is 0. The van der Waals surface area contributed by atoms with E-state index in [1.807, 2.05) is 19.9 Å². The summed E-state index contributed by atoms with van der Waals surface area (Å²) in [5.41, 5.74) is 0.465. The molecule has 0 fully saturated rings. The average Bonchev–Trinajstić information content (AvgIpc) is 2.25. The molecule has 0 saturated heterocycles. The Labute approximate surface area is 71.2 Å². The van der Waals surface area contributed by atoms with Crippen LogP contribution in [0.5, 0.6) is 5.75 Å². The van der Waals surface area contributed by atoms with Crippen LogP contribution in [-0.2, 0) is 6.42 Å². The van der Waals surface area contributed by atoms with Crippen LogP contribution in [0.15, 0.2) is 18.2 Å². The van der Waals surface area contributed by atoms with Crippen molar-refractivity contribution in [2.24, 2.45) is 0 Å². The summed E-state index contributed by atoms with van der Waals surface area (Å²) in [6.07, 6.45) is 0.662. The maximum atomic E-state index is 13.2. The van der Waals surface area contributed by atoms with Gasteiger partial charge in [-0.2, -0.15) is 0 Å². The summed E-state index contributed by atoms with van der Waals surface area (Å²) in [6, 6.07) is 4.96. The van der Waals surface area contributed by atoms with Crippen LogP contribution in [0.4, 0.5) is 4.39 Å². The first-order valence-electron chi connectivity index (χ1n) is 4.05. The maximum Gasteiger partial charge on any atom is 0.130 e. The van der Waals surface area contributed by atoms with E-state index in [1.54, 1.807) is 6.07 Å². The van der Waals surface area contributed by atoms with Crippen LogP contribution in [-0.4, -0.2) is 5.60 Å². The van der Waals surface area contributed by atoms with Crippen molar-refractivity contribution in [2.75, 3.05) is 0 Å². The number of halogens is 1. The molecule has 0 bridgehead atoms. The van der Waals surface area contributed by atoms with Crippen LogP contribution in [0.2, 0.25) is 0 Å². The van der Waals surface area contributed by atoms with Gasteiger partial charge in [0.2, 0.25) is 0 Å². The highest BCUT2D eigenvalue weighted by molar-refractivity contribution is 5.39. The fraction of sp³-hybridized carbons (Fsp3) is 0.400. The van der Waals surface area contributed by atoms with Crippen LogP contribution in [0.3, 0.4) is 0 Å². The summed E-state index contributed by atoms with van der Waals surface area (Å²) in [4.78, 5) is 0. The molecule has 0 atom stereocenters. The highest BCUT2D eigenvalue weighted by atomic mass is 19.1. The van der Waals surface area contributed by atoms with Gasteiger partial charge in [-0.15, -0.1) is 0 Å². The van der Waals surface area contributed by atoms with Crippen molar-refractivity contribution in [1.82, 2.24) is 0 Å². The lowest BCUT2D eigenvalue weighted by molar-refractivity contribution is 0.138. The van der Waals surface area contributed by atoms with E-state index in [4.69, 9.17) is 4.74 Å². The predicted molar refractivity (Wildman–Crippen MR) is 44.8 cm³/mol. The van der Waals surface area contributed by atoms with Crippen molar-refractivity contribution in [3.8, 4) is 5.75 Å². The standard InChI is InChI=1S/C10H11FO/c1-10(2)6-7-8(11)4-3-5-9(7)12-10/h3-5H,6H2,1-2H3. The minimum Gasteiger partial charge on any atom is -0.487 e. The fourth-order valence-corrected chi connectivity index (χ4v) is 1.57. The molecule has 2 rings (SSSR count). The van der Waals surface area contributed by atoms with Gasteiger partial charge < -0.3 is 4.74 Å². The van der Waals surface area contributed by atoms with Crippen LogP contribution >= 0.6 is 0 Å². The van der Waals surface area contributed by atoms with Gasteiger partial charge in [0.15, 0.2) is 0 Å². The molecule has 0 spiro atoms. The minimum atomic E-state index is -0.246. The van der Waals surface area contributed by atoms with E-state index < -0.39 is 0 Å². The van der Waals surface area contributed by atoms with Gasteiger partial charge in [0.25, 0.3) is 0 Å². The van der Waals surface area contributed by atoms with Crippen LogP contribution in [0.1, 0.15) is 19.4 Å². The van der Waals surface area contributed by atoms with Crippen LogP contribution in [0, 0.1) is 5.82 Å². The summed E-state index contributed by atoms with van der Waals surface area (Å²) in [7, 11) is 0. The van der Waals surface area contributed by atoms with E-state index in [1.165, 1.54) is 6.07 Å². The Morgan fingerprint density at radius 3 is 2.83 bits per heavy atom. The molecule has 1 aromatic carbocycles. The minimum absolute atomic E-state index is 0.155. The third-order valence-electron chi connectivity index (χ3n) is 2.06. The lowest BCUT2D eigenvalue weighted by Crippen LogP contribution is -2.24. The van der Waals surface area contributed by atoms with Gasteiger partial charge in [0.1, 0.15) is 17.2 Å². The van der Waals surface area contributed by atoms with Gasteiger partial charge in [-0.25, -0.2) is 4.39 Å². The Morgan fingerprint density at radius 2 is 2.17 bits per heavy atom. The average molecular weight is 166 g/mol. The molecule has 0 saturated carbocycles. The second-order valence-corrected chi connectivity index (χ2v) is 3.76. The summed E-state index contributed by atoms with van der Waals surface area (Å²) in [6.45, 7) is 3.93. The number of hydrogen-bond acceptors (Lipinski definition) is 1. The zero-order valence-corrected chi connectivity index (χ0v) is 7.23. The zero-order valence-electron chi connectivity index (χ0n) is 7.23. The van der Waals surface area contributed by atoms with Crippen molar-refractivity contribution in [3.05, 3.63) is 29.6 Å². The molecular formula is C10H11FO. The molecule has 64 valence electrons. The molecule has 0 radical (unpaired) electrons. The normalized spacial score (nSPS) is 18.6. The Kier molecular flexibility index (Phi) is 1.40. The number of hydrogen-bond donors (Lipinski definition) is 0. The van der Waals surface area contributed by atoms with E-state index in [0.717, 1.165) is 0 Å². The SMILES string of the molecule is CC1(C)Cc2c(F)cccc2O1. The Balaban J connectivity index is 2.48. The quantitative estimate of drug-likeness (QED) is 0.575. The van der Waals surface area contributed by atoms with Gasteiger partial charge in [0.05, 0.1) is 0 Å². The second kappa shape index (κ2) is 2.22. The number of fused-ring (bicyclic) bond motifs is 1. The van der Waals surface area contributed by atoms with Crippen LogP contribution in [0.25, 0.3) is 0 Å². The molecular weight excluding hydrogens is 155 g/mol. The van der Waals surface area contributed by atoms with Gasteiger partial charge in [-0.05, 0) is 26.0 Å². The smallest absolute Gasteiger partial charge is 0.130 e. The largest absolute Gasteiger partial charge is 0.487 e. The molecule has 1 nitrogen and oxygen atoms in total. The lowest BCUT2D eigenvalue weighted by Gasteiger charge is -2.16. The number of rotatable bonds is 0. The van der Waals surface area contributed by atoms with Crippen LogP contribution < -0.4 is 4.74 Å². The molecule has 12 heavy (non-hydrogen) atoms. The second-order valence-electron chi connectivity index (χ2n) is 3.76. The summed E-state index contributed by atoms with van der Waals surface area (Å²) < 4.78 is 18.7. The van der Waals surface area contributed by atoms with Crippen molar-refractivity contribution < 1.29 is 9.13 Å². The highest BCUT2D eigenvalue weighted by Gasteiger charge is 2.31. The van der Waals surface area contributed by atoms with E-state index in [0.29, 0.717) is 17.7 Å². The molecule has 1 aliphatic rings. The highest BCUT2D eigenvalue weighted by Crippen LogP contribution is 2.35. The van der Waals surface area contributed by atoms with Gasteiger partial charge in [0, 0.05) is 12.0 Å². The molecule has 0 N–H and O–H groups in total. The van der Waals surface area contributed by atoms with Crippen molar-refractivity contribution in [3.63, 3.8) is 0 Å². The van der Waals surface area contributed by atoms with Crippen molar-refractivity contribution in [2.45, 2.75) is 25.9 Å². The molecule has 2 heteroatoms. The summed E-state index contributed by atoms with van der Waals surface area (Å²) >= 11 is 0. The molecule has 1 aliphatic heterocycles. The Hall–Kier alpha value is -1.05. The number of ether oxygens (including phenoxy) is 1. The molecule has 0 amide bonds. The molecule has 1 heterocycles. The van der Waals surface area contributed by atoms with Gasteiger partial charge in [-0.3, -0.25) is 0 Å². The third kappa shape index (κ3) is 1.07. The molecule has 0 aromatic heterocycles. The van der Waals surface area contributed by atoms with Crippen molar-refractivity contribution in [1.29, 1.82) is 0 Å². The van der Waals surface area contributed by atoms with E-state index in [2.05, 4.69) is 0 Å². The summed E-state index contributed by atoms with van der Waals surface area (Å²) in [5.74, 6) is 0.540. The number of benzene rings is 1. The maximum absolute atomic E-state index is 13.2. The lowest BCUT2D eigenvalue weighted by atomic mass is 10.0. The van der Waals surface area contributed by atoms with E-state index >= 15 is 0 Å². The monoisotopic (exact) mass is 166 g/mol. The van der Waals surface area contributed by atoms with E-state index in [9.17, 15) is 4.39 Å². The Morgan fingerprint density at radius 1 is 1.42 bits per heavy atom. The van der Waals surface area contributed by atoms with Crippen molar-refractivity contribution >= 4 is 0 Å². The van der Waals surface area contributed by atoms with Gasteiger partial charge >= 0.3 is 0 Å². The topological polar surface area (TPSA) is 9.23 Å². The fourth-order valence-electron chi connectivity index (χ4n) is 1.57. The Bertz CT molecular complexity index is 318. The molecule has 1 aromatic rings. The molecule has 0 aliphatic carbocycles. The first-order chi connectivity index (χ1) is 5.58. The first kappa shape index (κ1) is 7.59. The van der Waals surface area contributed by atoms with Gasteiger partial charge in [-0.1, -0.05) is 6.07 Å². The predicted octanol–water partition coefficient (Wildman–Crippen LogP) is 2.54. The van der Waals surface area contributed by atoms with E-state index in [-0.39, 0.29) is 11.4 Å². The molecule has 0 unspecified atom stereocenters. The zero-order chi connectivity index (χ0) is 8.77.